The number of hydrogen-bond donors (Lipinski definition) is 1. The van der Waals surface area contributed by atoms with Gasteiger partial charge in [0.1, 0.15) is 12.1 Å². The van der Waals surface area contributed by atoms with Crippen molar-refractivity contribution in [3.63, 3.8) is 0 Å². The van der Waals surface area contributed by atoms with Gasteiger partial charge in [-0.1, -0.05) is 31.2 Å². The Balaban J connectivity index is 0.00000261. The van der Waals surface area contributed by atoms with Crippen molar-refractivity contribution >= 4 is 12.4 Å². The number of hydrogen-bond acceptors (Lipinski definition) is 4. The molecule has 0 fully saturated rings. The Morgan fingerprint density at radius 2 is 1.70 bits per heavy atom. The molecule has 9 heteroatoms. The lowest BCUT2D eigenvalue weighted by atomic mass is 10.00. The fraction of sp³-hybridized carbons (Fsp3) is 0.222. The number of halogens is 4. The molecule has 0 saturated carbocycles. The Hall–Kier alpha value is -2.58. The first-order valence-corrected chi connectivity index (χ1v) is 7.94. The summed E-state index contributed by atoms with van der Waals surface area (Å²) in [6.07, 6.45) is -3.21. The number of alkyl halides is 3. The summed E-state index contributed by atoms with van der Waals surface area (Å²) in [6.45, 7) is 2.62. The van der Waals surface area contributed by atoms with Gasteiger partial charge in [-0.15, -0.1) is 30.7 Å². The summed E-state index contributed by atoms with van der Waals surface area (Å²) in [5.41, 5.74) is 8.22. The fourth-order valence-corrected chi connectivity index (χ4v) is 2.42. The van der Waals surface area contributed by atoms with E-state index in [1.165, 1.54) is 35.3 Å². The van der Waals surface area contributed by atoms with Gasteiger partial charge in [-0.3, -0.25) is 0 Å². The van der Waals surface area contributed by atoms with E-state index >= 15 is 0 Å². The van der Waals surface area contributed by atoms with Crippen LogP contribution in [0.5, 0.6) is 5.75 Å². The van der Waals surface area contributed by atoms with Crippen molar-refractivity contribution in [2.75, 3.05) is 6.54 Å². The van der Waals surface area contributed by atoms with E-state index < -0.39 is 6.36 Å². The molecule has 0 spiro atoms. The van der Waals surface area contributed by atoms with Gasteiger partial charge in [0.25, 0.3) is 0 Å². The maximum Gasteiger partial charge on any atom is 0.573 e. The van der Waals surface area contributed by atoms with Crippen LogP contribution in [-0.4, -0.2) is 27.7 Å². The van der Waals surface area contributed by atoms with E-state index in [-0.39, 0.29) is 24.1 Å². The molecule has 27 heavy (non-hydrogen) atoms. The Morgan fingerprint density at radius 3 is 2.26 bits per heavy atom. The lowest BCUT2D eigenvalue weighted by molar-refractivity contribution is -0.274. The highest BCUT2D eigenvalue weighted by Gasteiger charge is 2.30. The van der Waals surface area contributed by atoms with Crippen LogP contribution in [0.3, 0.4) is 0 Å². The molecular formula is C18H18ClF3N4O. The molecule has 2 aromatic carbocycles. The average molecular weight is 399 g/mol. The van der Waals surface area contributed by atoms with Crippen molar-refractivity contribution in [1.29, 1.82) is 0 Å². The van der Waals surface area contributed by atoms with Gasteiger partial charge >= 0.3 is 6.36 Å². The molecule has 0 amide bonds. The molecule has 5 nitrogen and oxygen atoms in total. The van der Waals surface area contributed by atoms with Crippen LogP contribution >= 0.6 is 12.4 Å². The third-order valence-electron chi connectivity index (χ3n) is 3.92. The zero-order valence-corrected chi connectivity index (χ0v) is 15.2. The third kappa shape index (κ3) is 5.21. The summed E-state index contributed by atoms with van der Waals surface area (Å²) in [5, 5.41) is 4.37. The molecule has 1 heterocycles. The van der Waals surface area contributed by atoms with Crippen LogP contribution in [-0.2, 0) is 0 Å². The smallest absolute Gasteiger partial charge is 0.406 e. The SMILES string of the molecule is CC(CN)c1ccc(-c2ncn(-c3ccc(OC(F)(F)F)cc3)n2)cc1.Cl. The van der Waals surface area contributed by atoms with Gasteiger partial charge < -0.3 is 10.5 Å². The first kappa shape index (κ1) is 20.7. The van der Waals surface area contributed by atoms with Crippen molar-refractivity contribution in [1.82, 2.24) is 14.8 Å². The molecule has 3 aromatic rings. The Labute approximate surface area is 160 Å². The van der Waals surface area contributed by atoms with Crippen molar-refractivity contribution in [2.45, 2.75) is 19.2 Å². The second kappa shape index (κ2) is 8.41. The molecule has 1 aromatic heterocycles. The van der Waals surface area contributed by atoms with Crippen LogP contribution in [0.25, 0.3) is 17.1 Å². The second-order valence-electron chi connectivity index (χ2n) is 5.81. The van der Waals surface area contributed by atoms with E-state index in [4.69, 9.17) is 5.73 Å². The van der Waals surface area contributed by atoms with Gasteiger partial charge in [-0.2, -0.15) is 0 Å². The summed E-state index contributed by atoms with van der Waals surface area (Å²) in [5.74, 6) is 0.505. The molecule has 144 valence electrons. The molecule has 1 atom stereocenters. The van der Waals surface area contributed by atoms with Crippen LogP contribution < -0.4 is 10.5 Å². The largest absolute Gasteiger partial charge is 0.573 e. The first-order chi connectivity index (χ1) is 12.4. The first-order valence-electron chi connectivity index (χ1n) is 7.94. The minimum atomic E-state index is -4.71. The number of nitrogens with zero attached hydrogens (tertiary/aromatic N) is 3. The van der Waals surface area contributed by atoms with E-state index in [2.05, 4.69) is 14.8 Å². The van der Waals surface area contributed by atoms with Gasteiger partial charge in [0, 0.05) is 5.56 Å². The Kier molecular flexibility index (Phi) is 6.45. The van der Waals surface area contributed by atoms with Crippen LogP contribution in [0.4, 0.5) is 13.2 Å². The minimum absolute atomic E-state index is 0. The predicted octanol–water partition coefficient (Wildman–Crippen LogP) is 4.32. The zero-order valence-electron chi connectivity index (χ0n) is 14.3. The standard InChI is InChI=1S/C18H17F3N4O.ClH/c1-12(10-22)13-2-4-14(5-3-13)17-23-11-25(24-17)15-6-8-16(9-7-15)26-18(19,20)21;/h2-9,11-12H,10,22H2,1H3;1H. The molecular weight excluding hydrogens is 381 g/mol. The average Bonchev–Trinajstić information content (AvgIpc) is 3.10. The quantitative estimate of drug-likeness (QED) is 0.695. The molecule has 2 N–H and O–H groups in total. The minimum Gasteiger partial charge on any atom is -0.406 e. The molecule has 0 saturated heterocycles. The Morgan fingerprint density at radius 1 is 1.07 bits per heavy atom. The molecule has 0 radical (unpaired) electrons. The van der Waals surface area contributed by atoms with Crippen molar-refractivity contribution in [2.24, 2.45) is 5.73 Å². The van der Waals surface area contributed by atoms with Crippen LogP contribution in [0.1, 0.15) is 18.4 Å². The van der Waals surface area contributed by atoms with E-state index in [0.29, 0.717) is 18.1 Å². The monoisotopic (exact) mass is 398 g/mol. The maximum atomic E-state index is 12.2. The van der Waals surface area contributed by atoms with Gasteiger partial charge in [0.05, 0.1) is 5.69 Å². The van der Waals surface area contributed by atoms with Crippen molar-refractivity contribution in [3.05, 3.63) is 60.4 Å². The second-order valence-corrected chi connectivity index (χ2v) is 5.81. The molecule has 0 aliphatic heterocycles. The zero-order chi connectivity index (χ0) is 18.7. The summed E-state index contributed by atoms with van der Waals surface area (Å²) in [6, 6.07) is 13.2. The number of aromatic nitrogens is 3. The molecule has 0 aliphatic carbocycles. The van der Waals surface area contributed by atoms with Gasteiger partial charge in [0.2, 0.25) is 0 Å². The van der Waals surface area contributed by atoms with E-state index in [0.717, 1.165) is 11.1 Å². The lowest BCUT2D eigenvalue weighted by Gasteiger charge is -2.09. The summed E-state index contributed by atoms with van der Waals surface area (Å²) in [4.78, 5) is 4.26. The predicted molar refractivity (Wildman–Crippen MR) is 98.2 cm³/mol. The molecule has 0 bridgehead atoms. The number of ether oxygens (including phenoxy) is 1. The normalized spacial score (nSPS) is 12.3. The maximum absolute atomic E-state index is 12.2. The van der Waals surface area contributed by atoms with Gasteiger partial charge in [0.15, 0.2) is 5.82 Å². The molecule has 1 unspecified atom stereocenters. The highest BCUT2D eigenvalue weighted by Crippen LogP contribution is 2.24. The third-order valence-corrected chi connectivity index (χ3v) is 3.92. The number of benzene rings is 2. The van der Waals surface area contributed by atoms with Gasteiger partial charge in [-0.05, 0) is 42.3 Å². The Bertz CT molecular complexity index is 864. The van der Waals surface area contributed by atoms with Crippen LogP contribution in [0.15, 0.2) is 54.9 Å². The summed E-state index contributed by atoms with van der Waals surface area (Å²) >= 11 is 0. The summed E-state index contributed by atoms with van der Waals surface area (Å²) < 4.78 is 41.9. The van der Waals surface area contributed by atoms with E-state index in [9.17, 15) is 13.2 Å². The number of nitrogens with two attached hydrogens (primary N) is 1. The van der Waals surface area contributed by atoms with Crippen LogP contribution in [0, 0.1) is 0 Å². The fourth-order valence-electron chi connectivity index (χ4n) is 2.42. The van der Waals surface area contributed by atoms with E-state index in [1.807, 2.05) is 31.2 Å². The van der Waals surface area contributed by atoms with Crippen molar-refractivity contribution < 1.29 is 17.9 Å². The van der Waals surface area contributed by atoms with Crippen LogP contribution in [0.2, 0.25) is 0 Å². The van der Waals surface area contributed by atoms with E-state index in [1.54, 1.807) is 0 Å². The van der Waals surface area contributed by atoms with Gasteiger partial charge in [-0.25, -0.2) is 9.67 Å². The summed E-state index contributed by atoms with van der Waals surface area (Å²) in [7, 11) is 0. The topological polar surface area (TPSA) is 66.0 Å². The molecule has 0 aliphatic rings. The molecule has 3 rings (SSSR count). The highest BCUT2D eigenvalue weighted by atomic mass is 35.5. The van der Waals surface area contributed by atoms with Crippen molar-refractivity contribution in [3.8, 4) is 22.8 Å². The number of rotatable bonds is 5. The lowest BCUT2D eigenvalue weighted by Crippen LogP contribution is -2.17. The highest BCUT2D eigenvalue weighted by molar-refractivity contribution is 5.85.